The average Bonchev–Trinajstić information content (AvgIpc) is 2.92. The molecule has 3 fully saturated rings. The van der Waals surface area contributed by atoms with Crippen LogP contribution in [0.3, 0.4) is 0 Å². The molecular weight excluding hydrogens is 376 g/mol. The van der Waals surface area contributed by atoms with Crippen LogP contribution < -0.4 is 0 Å². The summed E-state index contributed by atoms with van der Waals surface area (Å²) in [5.41, 5.74) is -0.132. The molecule has 6 atom stereocenters. The Labute approximate surface area is 172 Å². The van der Waals surface area contributed by atoms with Crippen molar-refractivity contribution in [1.82, 2.24) is 0 Å². The summed E-state index contributed by atoms with van der Waals surface area (Å²) in [6, 6.07) is 0. The molecule has 4 aliphatic carbocycles. The zero-order valence-corrected chi connectivity index (χ0v) is 18.2. The standard InChI is InChI=1S/C23H31ClO4/c1-13(25)23(28-14(2)26)12-8-17-15-5-6-18-20(24)19(27)9-10-21(18,3)16(15)7-11-22(17,23)4/h15-17H,5-12H2,1-4H3/t15-,16+,17+,21-,22+,23-/m1/s1. The Kier molecular flexibility index (Phi) is 4.61. The summed E-state index contributed by atoms with van der Waals surface area (Å²) in [5, 5.41) is 0.491. The summed E-state index contributed by atoms with van der Waals surface area (Å²) < 4.78 is 5.81. The molecule has 0 amide bonds. The van der Waals surface area contributed by atoms with Crippen molar-refractivity contribution in [3.8, 4) is 0 Å². The van der Waals surface area contributed by atoms with Gasteiger partial charge in [0.05, 0.1) is 5.03 Å². The second-order valence-electron chi connectivity index (χ2n) is 10.0. The van der Waals surface area contributed by atoms with E-state index < -0.39 is 5.60 Å². The van der Waals surface area contributed by atoms with Crippen LogP contribution in [0.1, 0.15) is 79.1 Å². The Morgan fingerprint density at radius 1 is 1.00 bits per heavy atom. The van der Waals surface area contributed by atoms with Crippen LogP contribution in [0, 0.1) is 28.6 Å². The number of carbonyl (C=O) groups excluding carboxylic acids is 3. The molecule has 0 radical (unpaired) electrons. The minimum absolute atomic E-state index is 0.0138. The molecule has 0 unspecified atom stereocenters. The van der Waals surface area contributed by atoms with Gasteiger partial charge in [0.1, 0.15) is 0 Å². The van der Waals surface area contributed by atoms with E-state index in [0.29, 0.717) is 35.6 Å². The molecule has 4 aliphatic rings. The third-order valence-electron chi connectivity index (χ3n) is 9.06. The number of rotatable bonds is 2. The van der Waals surface area contributed by atoms with Gasteiger partial charge in [-0.15, -0.1) is 0 Å². The third-order valence-corrected chi connectivity index (χ3v) is 9.50. The number of allylic oxidation sites excluding steroid dienone is 1. The number of ether oxygens (including phenoxy) is 1. The molecule has 0 aliphatic heterocycles. The first-order valence-electron chi connectivity index (χ1n) is 10.7. The monoisotopic (exact) mass is 406 g/mol. The van der Waals surface area contributed by atoms with Gasteiger partial charge in [-0.25, -0.2) is 0 Å². The zero-order chi connectivity index (χ0) is 20.5. The summed E-state index contributed by atoms with van der Waals surface area (Å²) in [4.78, 5) is 36.8. The number of hydrogen-bond acceptors (Lipinski definition) is 4. The maximum absolute atomic E-state index is 12.8. The smallest absolute Gasteiger partial charge is 0.303 e. The van der Waals surface area contributed by atoms with E-state index in [1.165, 1.54) is 12.5 Å². The van der Waals surface area contributed by atoms with Crippen LogP contribution in [-0.4, -0.2) is 23.1 Å². The lowest BCUT2D eigenvalue weighted by atomic mass is 9.46. The molecule has 5 heteroatoms. The average molecular weight is 407 g/mol. The minimum atomic E-state index is -0.980. The van der Waals surface area contributed by atoms with Gasteiger partial charge >= 0.3 is 5.97 Å². The molecule has 0 bridgehead atoms. The molecule has 0 heterocycles. The zero-order valence-electron chi connectivity index (χ0n) is 17.4. The molecule has 154 valence electrons. The predicted molar refractivity (Wildman–Crippen MR) is 107 cm³/mol. The molecule has 4 rings (SSSR count). The second-order valence-corrected chi connectivity index (χ2v) is 10.4. The van der Waals surface area contributed by atoms with Gasteiger partial charge in [0.2, 0.25) is 0 Å². The molecule has 4 nitrogen and oxygen atoms in total. The summed E-state index contributed by atoms with van der Waals surface area (Å²) in [5.74, 6) is 1.06. The first-order chi connectivity index (χ1) is 13.1. The van der Waals surface area contributed by atoms with Crippen molar-refractivity contribution in [1.29, 1.82) is 0 Å². The van der Waals surface area contributed by atoms with Gasteiger partial charge < -0.3 is 4.74 Å². The molecule has 0 aromatic heterocycles. The van der Waals surface area contributed by atoms with Gasteiger partial charge in [0.15, 0.2) is 17.2 Å². The number of carbonyl (C=O) groups is 3. The van der Waals surface area contributed by atoms with Crippen LogP contribution in [0.15, 0.2) is 10.6 Å². The lowest BCUT2D eigenvalue weighted by Crippen LogP contribution is -2.58. The Morgan fingerprint density at radius 3 is 2.32 bits per heavy atom. The van der Waals surface area contributed by atoms with Crippen molar-refractivity contribution in [3.05, 3.63) is 10.6 Å². The number of ketones is 2. The minimum Gasteiger partial charge on any atom is -0.451 e. The van der Waals surface area contributed by atoms with Crippen molar-refractivity contribution in [2.24, 2.45) is 28.6 Å². The van der Waals surface area contributed by atoms with Gasteiger partial charge in [-0.2, -0.15) is 0 Å². The lowest BCUT2D eigenvalue weighted by Gasteiger charge is -2.59. The van der Waals surface area contributed by atoms with Gasteiger partial charge in [-0.3, -0.25) is 14.4 Å². The molecule has 0 spiro atoms. The highest BCUT2D eigenvalue weighted by molar-refractivity contribution is 6.43. The van der Waals surface area contributed by atoms with E-state index in [4.69, 9.17) is 16.3 Å². The fourth-order valence-corrected chi connectivity index (χ4v) is 8.12. The number of hydrogen-bond donors (Lipinski definition) is 0. The van der Waals surface area contributed by atoms with Crippen LogP contribution in [0.5, 0.6) is 0 Å². The molecule has 0 N–H and O–H groups in total. The van der Waals surface area contributed by atoms with Crippen molar-refractivity contribution in [2.75, 3.05) is 0 Å². The maximum atomic E-state index is 12.8. The number of Topliss-reactive ketones (excluding diaryl/α,β-unsaturated/α-hetero) is 2. The maximum Gasteiger partial charge on any atom is 0.303 e. The lowest BCUT2D eigenvalue weighted by molar-refractivity contribution is -0.187. The Hall–Kier alpha value is -1.16. The summed E-state index contributed by atoms with van der Waals surface area (Å²) >= 11 is 6.47. The largest absolute Gasteiger partial charge is 0.451 e. The second kappa shape index (κ2) is 6.42. The molecule has 0 aromatic rings. The SMILES string of the molecule is CC(=O)O[C@@]1(C(C)=O)CC[C@H]2[C@@H]3CCC4=C(Cl)C(=O)CC[C@]4(C)[C@H]3CC[C@@]21C. The van der Waals surface area contributed by atoms with Gasteiger partial charge in [-0.05, 0) is 80.6 Å². The first kappa shape index (κ1) is 20.1. The van der Waals surface area contributed by atoms with E-state index in [-0.39, 0.29) is 28.4 Å². The van der Waals surface area contributed by atoms with E-state index in [9.17, 15) is 14.4 Å². The van der Waals surface area contributed by atoms with Crippen molar-refractivity contribution in [3.63, 3.8) is 0 Å². The fourth-order valence-electron chi connectivity index (χ4n) is 7.71. The van der Waals surface area contributed by atoms with Crippen LogP contribution in [0.4, 0.5) is 0 Å². The van der Waals surface area contributed by atoms with E-state index >= 15 is 0 Å². The molecule has 3 saturated carbocycles. The van der Waals surface area contributed by atoms with Gasteiger partial charge in [0.25, 0.3) is 0 Å². The van der Waals surface area contributed by atoms with Crippen molar-refractivity contribution >= 4 is 29.1 Å². The number of fused-ring (bicyclic) bond motifs is 5. The van der Waals surface area contributed by atoms with Gasteiger partial charge in [-0.1, -0.05) is 25.4 Å². The Balaban J connectivity index is 1.72. The normalized spacial score (nSPS) is 45.2. The van der Waals surface area contributed by atoms with Crippen LogP contribution in [0.2, 0.25) is 0 Å². The molecule has 0 aromatic carbocycles. The number of halogens is 1. The topological polar surface area (TPSA) is 60.4 Å². The molecular formula is C23H31ClO4. The molecule has 28 heavy (non-hydrogen) atoms. The fraction of sp³-hybridized carbons (Fsp3) is 0.783. The van der Waals surface area contributed by atoms with Crippen molar-refractivity contribution < 1.29 is 19.1 Å². The quantitative estimate of drug-likeness (QED) is 0.607. The van der Waals surface area contributed by atoms with Crippen molar-refractivity contribution in [2.45, 2.75) is 84.7 Å². The highest BCUT2D eigenvalue weighted by Crippen LogP contribution is 2.68. The van der Waals surface area contributed by atoms with E-state index in [2.05, 4.69) is 13.8 Å². The summed E-state index contributed by atoms with van der Waals surface area (Å²) in [6.07, 6.45) is 6.71. The number of esters is 1. The predicted octanol–water partition coefficient (Wildman–Crippen LogP) is 4.98. The van der Waals surface area contributed by atoms with Gasteiger partial charge in [0, 0.05) is 18.8 Å². The highest BCUT2D eigenvalue weighted by Gasteiger charge is 2.67. The summed E-state index contributed by atoms with van der Waals surface area (Å²) in [6.45, 7) is 7.47. The van der Waals surface area contributed by atoms with Crippen LogP contribution in [-0.2, 0) is 19.1 Å². The third kappa shape index (κ3) is 2.45. The summed E-state index contributed by atoms with van der Waals surface area (Å²) in [7, 11) is 0. The van der Waals surface area contributed by atoms with Crippen LogP contribution >= 0.6 is 11.6 Å². The van der Waals surface area contributed by atoms with E-state index in [1.807, 2.05) is 0 Å². The van der Waals surface area contributed by atoms with E-state index in [1.54, 1.807) is 6.92 Å². The first-order valence-corrected chi connectivity index (χ1v) is 11.1. The Morgan fingerprint density at radius 2 is 1.68 bits per heavy atom. The highest BCUT2D eigenvalue weighted by atomic mass is 35.5. The Bertz CT molecular complexity index is 785. The van der Waals surface area contributed by atoms with E-state index in [0.717, 1.165) is 38.5 Å². The van der Waals surface area contributed by atoms with Crippen LogP contribution in [0.25, 0.3) is 0 Å². The molecule has 0 saturated heterocycles.